The van der Waals surface area contributed by atoms with Crippen molar-refractivity contribution in [3.63, 3.8) is 0 Å². The number of ether oxygens (including phenoxy) is 1. The van der Waals surface area contributed by atoms with Crippen molar-refractivity contribution in [3.05, 3.63) is 59.7 Å². The number of anilines is 1. The first-order chi connectivity index (χ1) is 11.0. The van der Waals surface area contributed by atoms with Crippen molar-refractivity contribution in [2.75, 3.05) is 25.6 Å². The molecule has 0 aromatic heterocycles. The van der Waals surface area contributed by atoms with Crippen molar-refractivity contribution in [2.24, 2.45) is 0 Å². The van der Waals surface area contributed by atoms with E-state index in [1.54, 1.807) is 0 Å². The largest absolute Gasteiger partial charge is 0.494 e. The molecule has 0 saturated carbocycles. The Morgan fingerprint density at radius 1 is 1.09 bits per heavy atom. The van der Waals surface area contributed by atoms with Crippen molar-refractivity contribution < 1.29 is 9.53 Å². The molecule has 2 aromatic carbocycles. The second kappa shape index (κ2) is 7.68. The zero-order valence-corrected chi connectivity index (χ0v) is 14.2. The van der Waals surface area contributed by atoms with Crippen LogP contribution in [0, 0.1) is 0 Å². The van der Waals surface area contributed by atoms with Crippen LogP contribution in [0.2, 0.25) is 0 Å². The molecule has 0 radical (unpaired) electrons. The first kappa shape index (κ1) is 16.9. The highest BCUT2D eigenvalue weighted by Gasteiger charge is 2.11. The average molecular weight is 312 g/mol. The maximum Gasteiger partial charge on any atom is 0.251 e. The molecule has 4 heteroatoms. The van der Waals surface area contributed by atoms with E-state index in [9.17, 15) is 4.79 Å². The minimum Gasteiger partial charge on any atom is -0.494 e. The topological polar surface area (TPSA) is 41.6 Å². The lowest BCUT2D eigenvalue weighted by molar-refractivity contribution is 0.0940. The molecule has 1 amide bonds. The summed E-state index contributed by atoms with van der Waals surface area (Å²) in [7, 11) is 3.95. The van der Waals surface area contributed by atoms with Crippen molar-refractivity contribution in [1.29, 1.82) is 0 Å². The fraction of sp³-hybridized carbons (Fsp3) is 0.316. The minimum absolute atomic E-state index is 0.0632. The highest BCUT2D eigenvalue weighted by Crippen LogP contribution is 2.18. The number of carbonyl (C=O) groups is 1. The minimum atomic E-state index is -0.0725. The number of benzene rings is 2. The average Bonchev–Trinajstić information content (AvgIpc) is 2.55. The van der Waals surface area contributed by atoms with Crippen LogP contribution in [0.1, 0.15) is 35.8 Å². The molecule has 0 aliphatic carbocycles. The van der Waals surface area contributed by atoms with Crippen LogP contribution in [0.25, 0.3) is 0 Å². The number of amides is 1. The summed E-state index contributed by atoms with van der Waals surface area (Å²) in [6, 6.07) is 15.3. The van der Waals surface area contributed by atoms with Crippen LogP contribution < -0.4 is 15.0 Å². The maximum absolute atomic E-state index is 12.3. The molecule has 0 aliphatic rings. The van der Waals surface area contributed by atoms with Crippen molar-refractivity contribution >= 4 is 11.6 Å². The summed E-state index contributed by atoms with van der Waals surface area (Å²) < 4.78 is 5.43. The van der Waals surface area contributed by atoms with Gasteiger partial charge in [-0.3, -0.25) is 4.79 Å². The summed E-state index contributed by atoms with van der Waals surface area (Å²) in [5.41, 5.74) is 2.78. The van der Waals surface area contributed by atoms with Gasteiger partial charge < -0.3 is 15.0 Å². The molecule has 0 saturated heterocycles. The van der Waals surface area contributed by atoms with Crippen LogP contribution >= 0.6 is 0 Å². The zero-order chi connectivity index (χ0) is 16.8. The number of hydrogen-bond donors (Lipinski definition) is 1. The Morgan fingerprint density at radius 2 is 1.70 bits per heavy atom. The quantitative estimate of drug-likeness (QED) is 0.885. The van der Waals surface area contributed by atoms with Crippen LogP contribution in [-0.4, -0.2) is 26.6 Å². The molecule has 0 fully saturated rings. The molecule has 2 rings (SSSR count). The van der Waals surface area contributed by atoms with Crippen molar-refractivity contribution in [1.82, 2.24) is 5.32 Å². The van der Waals surface area contributed by atoms with E-state index in [0.717, 1.165) is 17.0 Å². The highest BCUT2D eigenvalue weighted by atomic mass is 16.5. The molecule has 0 spiro atoms. The normalized spacial score (nSPS) is 11.7. The van der Waals surface area contributed by atoms with Gasteiger partial charge in [0.25, 0.3) is 5.91 Å². The molecular weight excluding hydrogens is 288 g/mol. The molecule has 4 nitrogen and oxygen atoms in total. The zero-order valence-electron chi connectivity index (χ0n) is 14.2. The van der Waals surface area contributed by atoms with E-state index in [1.807, 2.05) is 81.4 Å². The molecule has 1 unspecified atom stereocenters. The van der Waals surface area contributed by atoms with Gasteiger partial charge in [0, 0.05) is 25.3 Å². The monoisotopic (exact) mass is 312 g/mol. The van der Waals surface area contributed by atoms with Gasteiger partial charge in [0.2, 0.25) is 0 Å². The molecule has 122 valence electrons. The SMILES string of the molecule is CCOc1ccc(C(C)NC(=O)c2ccc(N(C)C)cc2)cc1. The van der Waals surface area contributed by atoms with E-state index in [0.29, 0.717) is 12.2 Å². The second-order valence-electron chi connectivity index (χ2n) is 5.64. The Bertz CT molecular complexity index is 633. The summed E-state index contributed by atoms with van der Waals surface area (Å²) in [4.78, 5) is 14.3. The first-order valence-electron chi connectivity index (χ1n) is 7.82. The first-order valence-corrected chi connectivity index (χ1v) is 7.82. The summed E-state index contributed by atoms with van der Waals surface area (Å²) in [5, 5.41) is 3.02. The predicted molar refractivity (Wildman–Crippen MR) is 94.3 cm³/mol. The van der Waals surface area contributed by atoms with E-state index < -0.39 is 0 Å². The van der Waals surface area contributed by atoms with Gasteiger partial charge in [0.05, 0.1) is 12.6 Å². The van der Waals surface area contributed by atoms with Gasteiger partial charge in [-0.2, -0.15) is 0 Å². The van der Waals surface area contributed by atoms with Gasteiger partial charge in [-0.25, -0.2) is 0 Å². The Morgan fingerprint density at radius 3 is 2.22 bits per heavy atom. The fourth-order valence-corrected chi connectivity index (χ4v) is 2.29. The van der Waals surface area contributed by atoms with Gasteiger partial charge in [0.1, 0.15) is 5.75 Å². The summed E-state index contributed by atoms with van der Waals surface area (Å²) in [6.07, 6.45) is 0. The number of carbonyl (C=O) groups excluding carboxylic acids is 1. The third-order valence-electron chi connectivity index (χ3n) is 3.68. The lowest BCUT2D eigenvalue weighted by Crippen LogP contribution is -2.26. The Balaban J connectivity index is 2.01. The van der Waals surface area contributed by atoms with Gasteiger partial charge in [0.15, 0.2) is 0 Å². The molecule has 1 atom stereocenters. The van der Waals surface area contributed by atoms with Gasteiger partial charge in [-0.05, 0) is 55.8 Å². The van der Waals surface area contributed by atoms with Gasteiger partial charge >= 0.3 is 0 Å². The lowest BCUT2D eigenvalue weighted by atomic mass is 10.1. The van der Waals surface area contributed by atoms with E-state index in [2.05, 4.69) is 5.32 Å². The van der Waals surface area contributed by atoms with Crippen LogP contribution in [0.5, 0.6) is 5.75 Å². The molecular formula is C19H24N2O2. The van der Waals surface area contributed by atoms with Crippen molar-refractivity contribution in [3.8, 4) is 5.75 Å². The van der Waals surface area contributed by atoms with Gasteiger partial charge in [-0.15, -0.1) is 0 Å². The predicted octanol–water partition coefficient (Wildman–Crippen LogP) is 3.64. The molecule has 2 aromatic rings. The smallest absolute Gasteiger partial charge is 0.251 e. The lowest BCUT2D eigenvalue weighted by Gasteiger charge is -2.16. The Hall–Kier alpha value is -2.49. The molecule has 1 N–H and O–H groups in total. The summed E-state index contributed by atoms with van der Waals surface area (Å²) in [5.74, 6) is 0.769. The number of hydrogen-bond acceptors (Lipinski definition) is 3. The molecule has 23 heavy (non-hydrogen) atoms. The van der Waals surface area contributed by atoms with E-state index in [4.69, 9.17) is 4.74 Å². The summed E-state index contributed by atoms with van der Waals surface area (Å²) in [6.45, 7) is 4.58. The molecule has 0 heterocycles. The van der Waals surface area contributed by atoms with Crippen molar-refractivity contribution in [2.45, 2.75) is 19.9 Å². The number of nitrogens with one attached hydrogen (secondary N) is 1. The second-order valence-corrected chi connectivity index (χ2v) is 5.64. The van der Waals surface area contributed by atoms with E-state index in [1.165, 1.54) is 0 Å². The standard InChI is InChI=1S/C19H24N2O2/c1-5-23-18-12-8-15(9-13-18)14(2)20-19(22)16-6-10-17(11-7-16)21(3)4/h6-14H,5H2,1-4H3,(H,20,22). The van der Waals surface area contributed by atoms with Crippen LogP contribution in [0.3, 0.4) is 0 Å². The fourth-order valence-electron chi connectivity index (χ4n) is 2.29. The molecule has 0 bridgehead atoms. The van der Waals surface area contributed by atoms with Crippen LogP contribution in [0.4, 0.5) is 5.69 Å². The number of rotatable bonds is 6. The third kappa shape index (κ3) is 4.49. The van der Waals surface area contributed by atoms with E-state index in [-0.39, 0.29) is 11.9 Å². The summed E-state index contributed by atoms with van der Waals surface area (Å²) >= 11 is 0. The number of nitrogens with zero attached hydrogens (tertiary/aromatic N) is 1. The maximum atomic E-state index is 12.3. The molecule has 0 aliphatic heterocycles. The van der Waals surface area contributed by atoms with Crippen LogP contribution in [0.15, 0.2) is 48.5 Å². The van der Waals surface area contributed by atoms with E-state index >= 15 is 0 Å². The highest BCUT2D eigenvalue weighted by molar-refractivity contribution is 5.94. The Kier molecular flexibility index (Phi) is 5.63. The van der Waals surface area contributed by atoms with Crippen LogP contribution in [-0.2, 0) is 0 Å². The third-order valence-corrected chi connectivity index (χ3v) is 3.68. The van der Waals surface area contributed by atoms with Gasteiger partial charge in [-0.1, -0.05) is 12.1 Å². The Labute approximate surface area is 138 Å².